The van der Waals surface area contributed by atoms with Crippen molar-refractivity contribution in [3.8, 4) is 0 Å². The van der Waals surface area contributed by atoms with E-state index in [0.717, 1.165) is 18.2 Å². The van der Waals surface area contributed by atoms with Gasteiger partial charge in [-0.05, 0) is 54.8 Å². The molecule has 4 rings (SSSR count). The van der Waals surface area contributed by atoms with E-state index in [1.54, 1.807) is 18.2 Å². The van der Waals surface area contributed by atoms with Crippen molar-refractivity contribution in [2.24, 2.45) is 0 Å². The number of benzene rings is 2. The molecule has 4 aromatic rings. The normalized spacial score (nSPS) is 10.9. The van der Waals surface area contributed by atoms with E-state index in [1.807, 2.05) is 31.2 Å². The maximum absolute atomic E-state index is 13.3. The minimum atomic E-state index is -0.518. The molecule has 180 valence electrons. The number of aryl methyl sites for hydroxylation is 1. The number of hydrogen-bond acceptors (Lipinski definition) is 7. The number of nitrogens with one attached hydrogen (secondary N) is 1. The third-order valence-electron chi connectivity index (χ3n) is 5.55. The number of carbonyl (C=O) groups is 2. The quantitative estimate of drug-likeness (QED) is 0.217. The van der Waals surface area contributed by atoms with Crippen molar-refractivity contribution in [3.63, 3.8) is 0 Å². The molecule has 0 aliphatic carbocycles. The average molecular weight is 492 g/mol. The predicted octanol–water partition coefficient (Wildman–Crippen LogP) is 3.58. The number of furan rings is 1. The van der Waals surface area contributed by atoms with Crippen molar-refractivity contribution in [1.82, 2.24) is 14.9 Å². The number of hydrogen-bond donors (Lipinski definition) is 1. The van der Waals surface area contributed by atoms with Gasteiger partial charge in [0.15, 0.2) is 5.16 Å². The van der Waals surface area contributed by atoms with E-state index in [2.05, 4.69) is 10.3 Å². The van der Waals surface area contributed by atoms with Gasteiger partial charge in [0, 0.05) is 6.54 Å². The lowest BCUT2D eigenvalue weighted by atomic mass is 10.1. The van der Waals surface area contributed by atoms with Gasteiger partial charge in [0.25, 0.3) is 5.56 Å². The number of amides is 1. The van der Waals surface area contributed by atoms with Crippen LogP contribution in [0.3, 0.4) is 0 Å². The lowest BCUT2D eigenvalue weighted by molar-refractivity contribution is -0.118. The van der Waals surface area contributed by atoms with E-state index < -0.39 is 5.97 Å². The van der Waals surface area contributed by atoms with Crippen molar-refractivity contribution in [2.45, 2.75) is 25.0 Å². The van der Waals surface area contributed by atoms with Gasteiger partial charge in [0.05, 0.1) is 42.1 Å². The van der Waals surface area contributed by atoms with E-state index >= 15 is 0 Å². The Hall–Kier alpha value is -3.85. The van der Waals surface area contributed by atoms with Crippen molar-refractivity contribution < 1.29 is 18.7 Å². The number of carbonyl (C=O) groups excluding carboxylic acids is 2. The van der Waals surface area contributed by atoms with Gasteiger partial charge in [-0.1, -0.05) is 36.0 Å². The number of ether oxygens (including phenoxy) is 1. The first-order chi connectivity index (χ1) is 17.0. The molecule has 0 aliphatic heterocycles. The molecule has 0 atom stereocenters. The molecule has 8 nitrogen and oxygen atoms in total. The number of methoxy groups -OCH3 is 1. The number of thioether (sulfide) groups is 1. The van der Waals surface area contributed by atoms with Crippen LogP contribution >= 0.6 is 11.8 Å². The molecule has 0 bridgehead atoms. The second kappa shape index (κ2) is 11.1. The van der Waals surface area contributed by atoms with Gasteiger partial charge in [0.1, 0.15) is 5.76 Å². The minimum absolute atomic E-state index is 0.0839. The molecule has 2 aromatic heterocycles. The van der Waals surface area contributed by atoms with Gasteiger partial charge >= 0.3 is 5.97 Å². The highest BCUT2D eigenvalue weighted by atomic mass is 32.2. The fraction of sp³-hybridized carbons (Fsp3) is 0.231. The van der Waals surface area contributed by atoms with Crippen molar-refractivity contribution in [2.75, 3.05) is 19.4 Å². The van der Waals surface area contributed by atoms with Crippen LogP contribution in [0.15, 0.2) is 75.2 Å². The molecule has 35 heavy (non-hydrogen) atoms. The molecular formula is C26H25N3O5S. The van der Waals surface area contributed by atoms with Crippen molar-refractivity contribution in [1.29, 1.82) is 0 Å². The number of aromatic nitrogens is 2. The average Bonchev–Trinajstić information content (AvgIpc) is 3.38. The van der Waals surface area contributed by atoms with Gasteiger partial charge < -0.3 is 14.5 Å². The molecule has 0 unspecified atom stereocenters. The molecule has 0 saturated carbocycles. The fourth-order valence-electron chi connectivity index (χ4n) is 3.66. The fourth-order valence-corrected chi connectivity index (χ4v) is 4.49. The maximum atomic E-state index is 13.3. The first kappa shape index (κ1) is 24.3. The summed E-state index contributed by atoms with van der Waals surface area (Å²) in [6, 6.07) is 16.2. The van der Waals surface area contributed by atoms with Crippen LogP contribution < -0.4 is 10.9 Å². The zero-order chi connectivity index (χ0) is 24.8. The summed E-state index contributed by atoms with van der Waals surface area (Å²) in [7, 11) is 1.29. The second-order valence-electron chi connectivity index (χ2n) is 7.90. The highest BCUT2D eigenvalue weighted by molar-refractivity contribution is 7.99. The summed E-state index contributed by atoms with van der Waals surface area (Å²) in [4.78, 5) is 42.3. The summed E-state index contributed by atoms with van der Waals surface area (Å²) in [6.45, 7) is 2.73. The SMILES string of the molecule is COC(=O)c1ccc2c(=O)n(Cc3ccco3)c(SCC(=O)NCCc3ccccc3C)nc2c1. The zero-order valence-corrected chi connectivity index (χ0v) is 20.3. The minimum Gasteiger partial charge on any atom is -0.467 e. The standard InChI is InChI=1S/C26H25N3O5S/c1-17-6-3-4-7-18(17)11-12-27-23(30)16-35-26-28-22-14-19(25(32)33-2)9-10-21(22)24(31)29(26)15-20-8-5-13-34-20/h3-10,13-14H,11-12,15-16H2,1-2H3,(H,27,30). The highest BCUT2D eigenvalue weighted by Gasteiger charge is 2.16. The molecule has 0 saturated heterocycles. The summed E-state index contributed by atoms with van der Waals surface area (Å²) in [6.07, 6.45) is 2.27. The van der Waals surface area contributed by atoms with Crippen LogP contribution in [0.4, 0.5) is 0 Å². The van der Waals surface area contributed by atoms with Gasteiger partial charge in [-0.3, -0.25) is 14.2 Å². The Kier molecular flexibility index (Phi) is 7.67. The molecule has 0 fully saturated rings. The number of rotatable bonds is 9. The Labute approximate surface area is 206 Å². The molecule has 0 spiro atoms. The van der Waals surface area contributed by atoms with E-state index in [4.69, 9.17) is 9.15 Å². The van der Waals surface area contributed by atoms with Crippen molar-refractivity contribution >= 4 is 34.5 Å². The predicted molar refractivity (Wildman–Crippen MR) is 134 cm³/mol. The highest BCUT2D eigenvalue weighted by Crippen LogP contribution is 2.20. The Morgan fingerprint density at radius 3 is 2.71 bits per heavy atom. The smallest absolute Gasteiger partial charge is 0.337 e. The second-order valence-corrected chi connectivity index (χ2v) is 8.85. The molecule has 1 N–H and O–H groups in total. The summed E-state index contributed by atoms with van der Waals surface area (Å²) >= 11 is 1.16. The number of esters is 1. The molecule has 9 heteroatoms. The van der Waals surface area contributed by atoms with Gasteiger partial charge in [-0.2, -0.15) is 0 Å². The Morgan fingerprint density at radius 2 is 1.97 bits per heavy atom. The van der Waals surface area contributed by atoms with Crippen LogP contribution in [0, 0.1) is 6.92 Å². The maximum Gasteiger partial charge on any atom is 0.337 e. The molecule has 1 amide bonds. The molecule has 2 heterocycles. The molecule has 2 aromatic carbocycles. The van der Waals surface area contributed by atoms with Crippen LogP contribution in [0.5, 0.6) is 0 Å². The molecule has 0 radical (unpaired) electrons. The first-order valence-corrected chi connectivity index (χ1v) is 12.0. The monoisotopic (exact) mass is 491 g/mol. The Balaban J connectivity index is 1.54. The molecule has 0 aliphatic rings. The number of fused-ring (bicyclic) bond motifs is 1. The van der Waals surface area contributed by atoms with Crippen LogP contribution in [0.25, 0.3) is 10.9 Å². The van der Waals surface area contributed by atoms with Crippen LogP contribution in [0.1, 0.15) is 27.2 Å². The summed E-state index contributed by atoms with van der Waals surface area (Å²) in [5.41, 5.74) is 2.73. The van der Waals surface area contributed by atoms with E-state index in [9.17, 15) is 14.4 Å². The third-order valence-corrected chi connectivity index (χ3v) is 6.52. The lowest BCUT2D eigenvalue weighted by Gasteiger charge is -2.13. The van der Waals surface area contributed by atoms with E-state index in [0.29, 0.717) is 33.9 Å². The topological polar surface area (TPSA) is 103 Å². The largest absolute Gasteiger partial charge is 0.467 e. The first-order valence-electron chi connectivity index (χ1n) is 11.1. The van der Waals surface area contributed by atoms with Gasteiger partial charge in [0.2, 0.25) is 5.91 Å². The summed E-state index contributed by atoms with van der Waals surface area (Å²) in [5, 5.41) is 3.64. The van der Waals surface area contributed by atoms with Gasteiger partial charge in [-0.25, -0.2) is 9.78 Å². The van der Waals surface area contributed by atoms with Crippen LogP contribution in [-0.2, 0) is 22.5 Å². The van der Waals surface area contributed by atoms with E-state index in [-0.39, 0.29) is 23.8 Å². The van der Waals surface area contributed by atoms with Crippen LogP contribution in [0.2, 0.25) is 0 Å². The zero-order valence-electron chi connectivity index (χ0n) is 19.4. The van der Waals surface area contributed by atoms with E-state index in [1.165, 1.54) is 41.2 Å². The summed E-state index contributed by atoms with van der Waals surface area (Å²) in [5.74, 6) is -0.00828. The van der Waals surface area contributed by atoms with Crippen LogP contribution in [-0.4, -0.2) is 40.8 Å². The summed E-state index contributed by atoms with van der Waals surface area (Å²) < 4.78 is 11.7. The number of nitrogens with zero attached hydrogens (tertiary/aromatic N) is 2. The Morgan fingerprint density at radius 1 is 1.14 bits per heavy atom. The Bertz CT molecular complexity index is 1410. The molecular weight excluding hydrogens is 466 g/mol. The van der Waals surface area contributed by atoms with Crippen molar-refractivity contribution in [3.05, 3.63) is 93.7 Å². The lowest BCUT2D eigenvalue weighted by Crippen LogP contribution is -2.28. The van der Waals surface area contributed by atoms with Gasteiger partial charge in [-0.15, -0.1) is 0 Å². The third kappa shape index (κ3) is 5.81.